The molecule has 40 heavy (non-hydrogen) atoms. The zero-order valence-corrected chi connectivity index (χ0v) is 21.4. The van der Waals surface area contributed by atoms with Crippen LogP contribution in [0.5, 0.6) is 11.5 Å². The SMILES string of the molecule is CNC(=O)c1cc(Oc2ccc(NC(=O)c3cc4cccnc4n(-c4ccc(F)c(Cl)c4)c3=O)cc2F)ccn1. The van der Waals surface area contributed by atoms with E-state index in [-0.39, 0.29) is 44.8 Å². The number of rotatable bonds is 6. The molecule has 3 aromatic heterocycles. The number of hydrogen-bond donors (Lipinski definition) is 2. The zero-order valence-electron chi connectivity index (χ0n) is 20.6. The van der Waals surface area contributed by atoms with Crippen molar-refractivity contribution in [3.8, 4) is 17.2 Å². The molecule has 0 spiro atoms. The Morgan fingerprint density at radius 2 is 1.75 bits per heavy atom. The number of fused-ring (bicyclic) bond motifs is 1. The van der Waals surface area contributed by atoms with Crippen molar-refractivity contribution in [3.63, 3.8) is 0 Å². The summed E-state index contributed by atoms with van der Waals surface area (Å²) in [6.07, 6.45) is 2.82. The van der Waals surface area contributed by atoms with Gasteiger partial charge in [0.05, 0.1) is 10.7 Å². The van der Waals surface area contributed by atoms with Gasteiger partial charge < -0.3 is 15.4 Å². The van der Waals surface area contributed by atoms with Gasteiger partial charge in [-0.25, -0.2) is 13.8 Å². The molecular weight excluding hydrogens is 544 g/mol. The van der Waals surface area contributed by atoms with E-state index in [0.717, 1.165) is 16.7 Å². The molecule has 9 nitrogen and oxygen atoms in total. The molecule has 2 aromatic carbocycles. The first-order valence-electron chi connectivity index (χ1n) is 11.7. The number of nitrogens with zero attached hydrogens (tertiary/aromatic N) is 3. The molecule has 2 amide bonds. The number of pyridine rings is 3. The minimum atomic E-state index is -0.810. The molecule has 0 aliphatic rings. The molecule has 2 N–H and O–H groups in total. The van der Waals surface area contributed by atoms with Gasteiger partial charge >= 0.3 is 0 Å². The highest BCUT2D eigenvalue weighted by Gasteiger charge is 2.19. The Morgan fingerprint density at radius 3 is 2.50 bits per heavy atom. The first-order valence-corrected chi connectivity index (χ1v) is 12.1. The second-order valence-electron chi connectivity index (χ2n) is 8.37. The van der Waals surface area contributed by atoms with Gasteiger partial charge in [-0.2, -0.15) is 0 Å². The highest BCUT2D eigenvalue weighted by molar-refractivity contribution is 6.30. The fraction of sp³-hybridized carbons (Fsp3) is 0.0357. The van der Waals surface area contributed by atoms with Crippen LogP contribution in [0.4, 0.5) is 14.5 Å². The summed E-state index contributed by atoms with van der Waals surface area (Å²) < 4.78 is 35.3. The summed E-state index contributed by atoms with van der Waals surface area (Å²) in [5, 5.41) is 5.19. The molecule has 3 heterocycles. The van der Waals surface area contributed by atoms with E-state index in [1.165, 1.54) is 61.9 Å². The first kappa shape index (κ1) is 26.4. The molecule has 0 aliphatic heterocycles. The summed E-state index contributed by atoms with van der Waals surface area (Å²) in [6.45, 7) is 0. The van der Waals surface area contributed by atoms with Gasteiger partial charge in [-0.05, 0) is 54.6 Å². The standard InChI is InChI=1S/C28H18ClF2N5O4/c1-32-27(38)23-14-18(8-10-33-23)40-24-7-4-16(12-22(24)31)35-26(37)19-11-15-3-2-9-34-25(15)36(28(19)39)17-5-6-21(30)20(29)13-17/h2-14H,1H3,(H,32,38)(H,35,37). The van der Waals surface area contributed by atoms with Crippen molar-refractivity contribution in [1.82, 2.24) is 19.9 Å². The molecule has 5 aromatic rings. The van der Waals surface area contributed by atoms with E-state index in [1.54, 1.807) is 12.1 Å². The summed E-state index contributed by atoms with van der Waals surface area (Å²) in [4.78, 5) is 46.5. The number of halogens is 3. The molecule has 0 atom stereocenters. The average Bonchev–Trinajstić information content (AvgIpc) is 2.95. The van der Waals surface area contributed by atoms with Crippen LogP contribution in [0.25, 0.3) is 16.7 Å². The third-order valence-electron chi connectivity index (χ3n) is 5.78. The summed E-state index contributed by atoms with van der Waals surface area (Å²) in [5.41, 5.74) is -0.425. The van der Waals surface area contributed by atoms with Gasteiger partial charge in [0.1, 0.15) is 28.5 Å². The number of aromatic nitrogens is 3. The quantitative estimate of drug-likeness (QED) is 0.297. The number of carbonyl (C=O) groups excluding carboxylic acids is 2. The molecule has 12 heteroatoms. The van der Waals surface area contributed by atoms with Crippen molar-refractivity contribution in [2.75, 3.05) is 12.4 Å². The maximum atomic E-state index is 14.9. The van der Waals surface area contributed by atoms with Gasteiger partial charge in [0.2, 0.25) is 0 Å². The van der Waals surface area contributed by atoms with E-state index in [1.807, 2.05) is 0 Å². The number of anilines is 1. The van der Waals surface area contributed by atoms with Crippen LogP contribution in [0.3, 0.4) is 0 Å². The molecule has 0 bridgehead atoms. The molecule has 0 radical (unpaired) electrons. The third-order valence-corrected chi connectivity index (χ3v) is 6.07. The minimum Gasteiger partial charge on any atom is -0.454 e. The lowest BCUT2D eigenvalue weighted by Gasteiger charge is -2.13. The van der Waals surface area contributed by atoms with E-state index in [2.05, 4.69) is 20.6 Å². The Labute approximate surface area is 230 Å². The Morgan fingerprint density at radius 1 is 0.925 bits per heavy atom. The van der Waals surface area contributed by atoms with Gasteiger partial charge in [-0.1, -0.05) is 11.6 Å². The van der Waals surface area contributed by atoms with Crippen molar-refractivity contribution in [3.05, 3.63) is 117 Å². The number of ether oxygens (including phenoxy) is 1. The predicted molar refractivity (Wildman–Crippen MR) is 144 cm³/mol. The van der Waals surface area contributed by atoms with Crippen molar-refractivity contribution in [2.24, 2.45) is 0 Å². The Bertz CT molecular complexity index is 1860. The Hall–Kier alpha value is -5.16. The fourth-order valence-electron chi connectivity index (χ4n) is 3.88. The Kier molecular flexibility index (Phi) is 7.21. The van der Waals surface area contributed by atoms with Crippen LogP contribution in [-0.4, -0.2) is 33.4 Å². The zero-order chi connectivity index (χ0) is 28.4. The normalized spacial score (nSPS) is 10.8. The molecule has 0 fully saturated rings. The molecule has 0 aliphatic carbocycles. The van der Waals surface area contributed by atoms with E-state index in [4.69, 9.17) is 16.3 Å². The van der Waals surface area contributed by atoms with Gasteiger partial charge in [-0.15, -0.1) is 0 Å². The number of nitrogens with one attached hydrogen (secondary N) is 2. The van der Waals surface area contributed by atoms with Crippen molar-refractivity contribution in [2.45, 2.75) is 0 Å². The summed E-state index contributed by atoms with van der Waals surface area (Å²) in [7, 11) is 1.45. The van der Waals surface area contributed by atoms with Crippen molar-refractivity contribution < 1.29 is 23.1 Å². The summed E-state index contributed by atoms with van der Waals surface area (Å²) in [5.74, 6) is -2.72. The van der Waals surface area contributed by atoms with Crippen LogP contribution in [0, 0.1) is 11.6 Å². The van der Waals surface area contributed by atoms with Crippen LogP contribution < -0.4 is 20.9 Å². The van der Waals surface area contributed by atoms with Crippen LogP contribution in [0.15, 0.2) is 83.9 Å². The van der Waals surface area contributed by atoms with Crippen molar-refractivity contribution >= 4 is 40.1 Å². The highest BCUT2D eigenvalue weighted by atomic mass is 35.5. The molecule has 5 rings (SSSR count). The largest absolute Gasteiger partial charge is 0.454 e. The first-order chi connectivity index (χ1) is 19.2. The number of benzene rings is 2. The van der Waals surface area contributed by atoms with Crippen LogP contribution in [0.1, 0.15) is 20.8 Å². The van der Waals surface area contributed by atoms with Gasteiger partial charge in [0, 0.05) is 42.6 Å². The van der Waals surface area contributed by atoms with Crippen LogP contribution in [-0.2, 0) is 0 Å². The number of hydrogen-bond acceptors (Lipinski definition) is 6. The van der Waals surface area contributed by atoms with Gasteiger partial charge in [0.25, 0.3) is 17.4 Å². The lowest BCUT2D eigenvalue weighted by Crippen LogP contribution is -2.29. The maximum Gasteiger partial charge on any atom is 0.269 e. The summed E-state index contributed by atoms with van der Waals surface area (Å²) >= 11 is 5.93. The van der Waals surface area contributed by atoms with E-state index < -0.39 is 29.0 Å². The number of amides is 2. The number of carbonyl (C=O) groups is 2. The Balaban J connectivity index is 1.45. The molecule has 0 saturated heterocycles. The lowest BCUT2D eigenvalue weighted by atomic mass is 10.1. The van der Waals surface area contributed by atoms with Gasteiger partial charge in [-0.3, -0.25) is 23.9 Å². The summed E-state index contributed by atoms with van der Waals surface area (Å²) in [6, 6.07) is 14.8. The van der Waals surface area contributed by atoms with Crippen LogP contribution in [0.2, 0.25) is 5.02 Å². The monoisotopic (exact) mass is 561 g/mol. The van der Waals surface area contributed by atoms with E-state index >= 15 is 0 Å². The third kappa shape index (κ3) is 5.22. The predicted octanol–water partition coefficient (Wildman–Crippen LogP) is 5.12. The van der Waals surface area contributed by atoms with E-state index in [9.17, 15) is 23.2 Å². The van der Waals surface area contributed by atoms with Crippen LogP contribution >= 0.6 is 11.6 Å². The smallest absolute Gasteiger partial charge is 0.269 e. The van der Waals surface area contributed by atoms with Gasteiger partial charge in [0.15, 0.2) is 11.6 Å². The fourth-order valence-corrected chi connectivity index (χ4v) is 4.06. The molecular formula is C28H18ClF2N5O4. The maximum absolute atomic E-state index is 14.9. The lowest BCUT2D eigenvalue weighted by molar-refractivity contribution is 0.0957. The topological polar surface area (TPSA) is 115 Å². The molecule has 0 saturated carbocycles. The van der Waals surface area contributed by atoms with E-state index in [0.29, 0.717) is 5.39 Å². The second kappa shape index (κ2) is 10.9. The average molecular weight is 562 g/mol. The highest BCUT2D eigenvalue weighted by Crippen LogP contribution is 2.27. The minimum absolute atomic E-state index is 0.0534. The molecule has 0 unspecified atom stereocenters. The second-order valence-corrected chi connectivity index (χ2v) is 8.78. The molecule has 200 valence electrons. The van der Waals surface area contributed by atoms with Crippen molar-refractivity contribution in [1.29, 1.82) is 0 Å².